The summed E-state index contributed by atoms with van der Waals surface area (Å²) in [6, 6.07) is 5.86. The van der Waals surface area contributed by atoms with Gasteiger partial charge >= 0.3 is 0 Å². The summed E-state index contributed by atoms with van der Waals surface area (Å²) in [5, 5.41) is 9.86. The summed E-state index contributed by atoms with van der Waals surface area (Å²) in [7, 11) is 0. The fourth-order valence-electron chi connectivity index (χ4n) is 1.93. The largest absolute Gasteiger partial charge is 0.396 e. The highest BCUT2D eigenvalue weighted by Crippen LogP contribution is 2.32. The topological polar surface area (TPSA) is 23.5 Å². The number of hydrogen-bond donors (Lipinski definition) is 1. The zero-order valence-corrected chi connectivity index (χ0v) is 10.6. The molecule has 1 aliphatic heterocycles. The molecule has 0 aliphatic carbocycles. The van der Waals surface area contributed by atoms with Crippen LogP contribution in [0.4, 0.5) is 5.69 Å². The van der Waals surface area contributed by atoms with Crippen LogP contribution in [0.3, 0.4) is 0 Å². The van der Waals surface area contributed by atoms with Gasteiger partial charge in [-0.2, -0.15) is 0 Å². The van der Waals surface area contributed by atoms with Gasteiger partial charge in [0.2, 0.25) is 0 Å². The Bertz CT molecular complexity index is 358. The Kier molecular flexibility index (Phi) is 3.54. The van der Waals surface area contributed by atoms with Gasteiger partial charge in [0.25, 0.3) is 0 Å². The molecule has 0 radical (unpaired) electrons. The van der Waals surface area contributed by atoms with Crippen molar-refractivity contribution in [2.45, 2.75) is 6.42 Å². The van der Waals surface area contributed by atoms with Crippen molar-refractivity contribution in [1.29, 1.82) is 0 Å². The van der Waals surface area contributed by atoms with Crippen LogP contribution in [0.2, 0.25) is 5.02 Å². The van der Waals surface area contributed by atoms with Gasteiger partial charge in [-0.05, 0) is 24.6 Å². The third-order valence-electron chi connectivity index (χ3n) is 2.79. The average Bonchev–Trinajstić information content (AvgIpc) is 2.70. The van der Waals surface area contributed by atoms with Gasteiger partial charge in [-0.15, -0.1) is 0 Å². The average molecular weight is 291 g/mol. The van der Waals surface area contributed by atoms with Gasteiger partial charge in [0.15, 0.2) is 0 Å². The summed E-state index contributed by atoms with van der Waals surface area (Å²) in [5.41, 5.74) is 1.06. The van der Waals surface area contributed by atoms with E-state index in [-0.39, 0.29) is 6.61 Å². The third-order valence-corrected chi connectivity index (χ3v) is 3.61. The lowest BCUT2D eigenvalue weighted by Gasteiger charge is -2.20. The number of hydrogen-bond acceptors (Lipinski definition) is 2. The van der Waals surface area contributed by atoms with E-state index in [9.17, 15) is 0 Å². The molecule has 0 bridgehead atoms. The first kappa shape index (κ1) is 11.2. The maximum atomic E-state index is 9.09. The first-order chi connectivity index (χ1) is 7.20. The molecular formula is C11H13BrClNO. The van der Waals surface area contributed by atoms with Crippen molar-refractivity contribution >= 4 is 33.2 Å². The maximum absolute atomic E-state index is 9.09. The predicted molar refractivity (Wildman–Crippen MR) is 66.6 cm³/mol. The lowest BCUT2D eigenvalue weighted by molar-refractivity contribution is 0.238. The SMILES string of the molecule is OCC1CCN(c2cc(Br)ccc2Cl)C1. The van der Waals surface area contributed by atoms with Crippen molar-refractivity contribution in [3.05, 3.63) is 27.7 Å². The minimum Gasteiger partial charge on any atom is -0.396 e. The number of benzene rings is 1. The molecule has 82 valence electrons. The van der Waals surface area contributed by atoms with Gasteiger partial charge < -0.3 is 10.0 Å². The van der Waals surface area contributed by atoms with Gasteiger partial charge in [0, 0.05) is 30.1 Å². The number of aliphatic hydroxyl groups excluding tert-OH is 1. The molecule has 2 nitrogen and oxygen atoms in total. The molecule has 1 fully saturated rings. The van der Waals surface area contributed by atoms with Gasteiger partial charge in [0.05, 0.1) is 10.7 Å². The molecule has 1 atom stereocenters. The Morgan fingerprint density at radius 1 is 1.53 bits per heavy atom. The van der Waals surface area contributed by atoms with Crippen LogP contribution in [-0.2, 0) is 0 Å². The highest BCUT2D eigenvalue weighted by molar-refractivity contribution is 9.10. The van der Waals surface area contributed by atoms with Crippen LogP contribution in [-0.4, -0.2) is 24.8 Å². The molecular weight excluding hydrogens is 277 g/mol. The zero-order valence-electron chi connectivity index (χ0n) is 8.29. The lowest BCUT2D eigenvalue weighted by Crippen LogP contribution is -2.20. The molecule has 0 aromatic heterocycles. The summed E-state index contributed by atoms with van der Waals surface area (Å²) in [4.78, 5) is 2.23. The lowest BCUT2D eigenvalue weighted by atomic mass is 10.1. The molecule has 0 spiro atoms. The minimum absolute atomic E-state index is 0.266. The van der Waals surface area contributed by atoms with E-state index in [0.717, 1.165) is 34.7 Å². The molecule has 1 aromatic carbocycles. The molecule has 1 N–H and O–H groups in total. The second kappa shape index (κ2) is 4.73. The van der Waals surface area contributed by atoms with Crippen LogP contribution in [0.5, 0.6) is 0 Å². The highest BCUT2D eigenvalue weighted by Gasteiger charge is 2.23. The molecule has 1 saturated heterocycles. The van der Waals surface area contributed by atoms with Crippen LogP contribution < -0.4 is 4.90 Å². The van der Waals surface area contributed by atoms with Crippen LogP contribution in [0, 0.1) is 5.92 Å². The second-order valence-electron chi connectivity index (χ2n) is 3.88. The molecule has 0 saturated carbocycles. The molecule has 1 heterocycles. The smallest absolute Gasteiger partial charge is 0.0640 e. The number of anilines is 1. The molecule has 1 unspecified atom stereocenters. The van der Waals surface area contributed by atoms with Gasteiger partial charge in [-0.1, -0.05) is 27.5 Å². The first-order valence-corrected chi connectivity index (χ1v) is 6.18. The summed E-state index contributed by atoms with van der Waals surface area (Å²) >= 11 is 9.58. The second-order valence-corrected chi connectivity index (χ2v) is 5.20. The van der Waals surface area contributed by atoms with E-state index >= 15 is 0 Å². The molecule has 1 aliphatic rings. The van der Waals surface area contributed by atoms with E-state index in [4.69, 9.17) is 16.7 Å². The Labute approximate surface area is 103 Å². The fraction of sp³-hybridized carbons (Fsp3) is 0.455. The van der Waals surface area contributed by atoms with Gasteiger partial charge in [0.1, 0.15) is 0 Å². The standard InChI is InChI=1S/C11H13BrClNO/c12-9-1-2-10(13)11(5-9)14-4-3-8(6-14)7-15/h1-2,5,8,15H,3-4,6-7H2. The van der Waals surface area contributed by atoms with Crippen molar-refractivity contribution < 1.29 is 5.11 Å². The number of halogens is 2. The van der Waals surface area contributed by atoms with Gasteiger partial charge in [-0.25, -0.2) is 0 Å². The van der Waals surface area contributed by atoms with E-state index in [1.54, 1.807) is 0 Å². The fourth-order valence-corrected chi connectivity index (χ4v) is 2.51. The van der Waals surface area contributed by atoms with E-state index in [0.29, 0.717) is 5.92 Å². The molecule has 0 amide bonds. The summed E-state index contributed by atoms with van der Waals surface area (Å²) in [5.74, 6) is 0.389. The van der Waals surface area contributed by atoms with Crippen LogP contribution in [0.25, 0.3) is 0 Å². The Morgan fingerprint density at radius 3 is 3.00 bits per heavy atom. The van der Waals surface area contributed by atoms with Crippen LogP contribution in [0.1, 0.15) is 6.42 Å². The maximum Gasteiger partial charge on any atom is 0.0640 e. The van der Waals surface area contributed by atoms with Crippen molar-refractivity contribution in [3.63, 3.8) is 0 Å². The Morgan fingerprint density at radius 2 is 2.33 bits per heavy atom. The highest BCUT2D eigenvalue weighted by atomic mass is 79.9. The normalized spacial score (nSPS) is 21.0. The predicted octanol–water partition coefficient (Wildman–Crippen LogP) is 2.92. The van der Waals surface area contributed by atoms with Crippen molar-refractivity contribution in [2.75, 3.05) is 24.6 Å². The Hall–Kier alpha value is -0.250. The van der Waals surface area contributed by atoms with Crippen molar-refractivity contribution in [2.24, 2.45) is 5.92 Å². The van der Waals surface area contributed by atoms with Crippen LogP contribution in [0.15, 0.2) is 22.7 Å². The monoisotopic (exact) mass is 289 g/mol. The molecule has 1 aromatic rings. The van der Waals surface area contributed by atoms with E-state index in [1.807, 2.05) is 18.2 Å². The summed E-state index contributed by atoms with van der Waals surface area (Å²) in [6.07, 6.45) is 1.04. The third kappa shape index (κ3) is 2.47. The number of nitrogens with zero attached hydrogens (tertiary/aromatic N) is 1. The van der Waals surface area contributed by atoms with Crippen molar-refractivity contribution in [3.8, 4) is 0 Å². The summed E-state index contributed by atoms with van der Waals surface area (Å²) in [6.45, 7) is 2.14. The van der Waals surface area contributed by atoms with E-state index < -0.39 is 0 Å². The Balaban J connectivity index is 2.19. The van der Waals surface area contributed by atoms with Crippen LogP contribution >= 0.6 is 27.5 Å². The number of aliphatic hydroxyl groups is 1. The van der Waals surface area contributed by atoms with Crippen molar-refractivity contribution in [1.82, 2.24) is 0 Å². The zero-order chi connectivity index (χ0) is 10.8. The van der Waals surface area contributed by atoms with E-state index in [1.165, 1.54) is 0 Å². The van der Waals surface area contributed by atoms with E-state index in [2.05, 4.69) is 20.8 Å². The quantitative estimate of drug-likeness (QED) is 0.905. The molecule has 2 rings (SSSR count). The number of rotatable bonds is 2. The van der Waals surface area contributed by atoms with Gasteiger partial charge in [-0.3, -0.25) is 0 Å². The first-order valence-electron chi connectivity index (χ1n) is 5.01. The molecule has 4 heteroatoms. The molecule has 15 heavy (non-hydrogen) atoms. The summed E-state index contributed by atoms with van der Waals surface area (Å²) < 4.78 is 1.04. The minimum atomic E-state index is 0.266.